The van der Waals surface area contributed by atoms with Crippen LogP contribution in [0, 0.1) is 3.70 Å². The maximum absolute atomic E-state index is 12.3. The summed E-state index contributed by atoms with van der Waals surface area (Å²) >= 11 is 1.75. The number of pyridine rings is 1. The minimum atomic E-state index is -4.94. The van der Waals surface area contributed by atoms with Crippen LogP contribution in [0.5, 0.6) is 5.75 Å². The Labute approximate surface area is 114 Å². The van der Waals surface area contributed by atoms with Gasteiger partial charge in [0.25, 0.3) is 0 Å². The quantitative estimate of drug-likeness (QED) is 0.495. The van der Waals surface area contributed by atoms with Crippen molar-refractivity contribution >= 4 is 28.6 Å². The molecule has 5 nitrogen and oxygen atoms in total. The van der Waals surface area contributed by atoms with Crippen molar-refractivity contribution in [3.8, 4) is 5.75 Å². The van der Waals surface area contributed by atoms with Crippen molar-refractivity contribution in [2.75, 3.05) is 7.11 Å². The molecule has 0 aliphatic rings. The molecule has 0 radical (unpaired) electrons. The van der Waals surface area contributed by atoms with Gasteiger partial charge in [-0.3, -0.25) is 0 Å². The van der Waals surface area contributed by atoms with E-state index < -0.39 is 23.8 Å². The van der Waals surface area contributed by atoms with E-state index in [-0.39, 0.29) is 12.1 Å². The Morgan fingerprint density at radius 3 is 2.61 bits per heavy atom. The average Bonchev–Trinajstić information content (AvgIpc) is 2.28. The van der Waals surface area contributed by atoms with E-state index >= 15 is 0 Å². The molecule has 0 aliphatic heterocycles. The first-order valence-electron chi connectivity index (χ1n) is 4.52. The third-order valence-corrected chi connectivity index (χ3v) is 2.39. The lowest BCUT2D eigenvalue weighted by atomic mass is 10.2. The molecular formula is C9H8F3IN2O3. The topological polar surface area (TPSA) is 74.4 Å². The number of nitrogens with zero attached hydrogens (tertiary/aromatic N) is 1. The second kappa shape index (κ2) is 5.69. The fraction of sp³-hybridized carbons (Fsp3) is 0.333. The van der Waals surface area contributed by atoms with E-state index in [2.05, 4.69) is 14.5 Å². The fourth-order valence-corrected chi connectivity index (χ4v) is 1.78. The second-order valence-electron chi connectivity index (χ2n) is 3.03. The minimum absolute atomic E-state index is 0.0205. The van der Waals surface area contributed by atoms with Gasteiger partial charge in [0.05, 0.1) is 7.11 Å². The monoisotopic (exact) mass is 376 g/mol. The smallest absolute Gasteiger partial charge is 0.464 e. The summed E-state index contributed by atoms with van der Waals surface area (Å²) in [6, 6.07) is 1.30. The molecule has 9 heteroatoms. The van der Waals surface area contributed by atoms with Gasteiger partial charge in [-0.25, -0.2) is 9.78 Å². The molecule has 0 atom stereocenters. The zero-order valence-electron chi connectivity index (χ0n) is 9.05. The highest BCUT2D eigenvalue weighted by Gasteiger charge is 2.35. The van der Waals surface area contributed by atoms with Crippen molar-refractivity contribution < 1.29 is 27.4 Å². The van der Waals surface area contributed by atoms with Gasteiger partial charge in [0.1, 0.15) is 3.70 Å². The van der Waals surface area contributed by atoms with Crippen molar-refractivity contribution in [3.63, 3.8) is 0 Å². The number of nitrogens with two attached hydrogens (primary N) is 1. The summed E-state index contributed by atoms with van der Waals surface area (Å²) in [4.78, 5) is 15.0. The van der Waals surface area contributed by atoms with E-state index in [9.17, 15) is 18.0 Å². The number of ether oxygens (including phenoxy) is 2. The molecule has 18 heavy (non-hydrogen) atoms. The van der Waals surface area contributed by atoms with E-state index in [0.717, 1.165) is 7.11 Å². The summed E-state index contributed by atoms with van der Waals surface area (Å²) < 4.78 is 45.2. The Bertz CT molecular complexity index is 465. The Morgan fingerprint density at radius 1 is 1.56 bits per heavy atom. The number of hydrogen-bond donors (Lipinski definition) is 1. The highest BCUT2D eigenvalue weighted by atomic mass is 127. The number of rotatable bonds is 3. The van der Waals surface area contributed by atoms with Crippen LogP contribution in [0.25, 0.3) is 0 Å². The maximum atomic E-state index is 12.3. The lowest BCUT2D eigenvalue weighted by Gasteiger charge is -2.15. The van der Waals surface area contributed by atoms with Crippen LogP contribution in [0.15, 0.2) is 6.07 Å². The fourth-order valence-electron chi connectivity index (χ4n) is 1.17. The van der Waals surface area contributed by atoms with E-state index in [1.807, 2.05) is 0 Å². The number of aromatic nitrogens is 1. The number of methoxy groups -OCH3 is 1. The molecule has 2 N–H and O–H groups in total. The van der Waals surface area contributed by atoms with Gasteiger partial charge in [0, 0.05) is 12.1 Å². The van der Waals surface area contributed by atoms with Crippen LogP contribution in [-0.4, -0.2) is 24.4 Å². The van der Waals surface area contributed by atoms with Crippen molar-refractivity contribution in [2.24, 2.45) is 5.73 Å². The number of carbonyl (C=O) groups excluding carboxylic acids is 1. The summed E-state index contributed by atoms with van der Waals surface area (Å²) in [6.07, 6.45) is -4.94. The van der Waals surface area contributed by atoms with Gasteiger partial charge in [0.15, 0.2) is 11.4 Å². The largest absolute Gasteiger partial charge is 0.573 e. The Hall–Kier alpha value is -1.10. The molecule has 100 valence electrons. The number of carbonyl (C=O) groups is 1. The van der Waals surface area contributed by atoms with Crippen LogP contribution in [0.4, 0.5) is 13.2 Å². The molecule has 1 aromatic heterocycles. The maximum Gasteiger partial charge on any atom is 0.573 e. The molecule has 0 aromatic carbocycles. The van der Waals surface area contributed by atoms with E-state index in [1.165, 1.54) is 6.07 Å². The number of esters is 1. The summed E-state index contributed by atoms with van der Waals surface area (Å²) in [5.74, 6) is -1.75. The SMILES string of the molecule is COC(=O)c1nc(I)cc(CN)c1OC(F)(F)F. The summed E-state index contributed by atoms with van der Waals surface area (Å²) in [5, 5.41) is 0. The van der Waals surface area contributed by atoms with Crippen molar-refractivity contribution in [1.82, 2.24) is 4.98 Å². The van der Waals surface area contributed by atoms with Gasteiger partial charge in [-0.15, -0.1) is 13.2 Å². The Balaban J connectivity index is 3.38. The summed E-state index contributed by atoms with van der Waals surface area (Å²) in [7, 11) is 1.03. The van der Waals surface area contributed by atoms with E-state index in [4.69, 9.17) is 5.73 Å². The van der Waals surface area contributed by atoms with Gasteiger partial charge in [-0.1, -0.05) is 0 Å². The molecule has 1 aromatic rings. The first kappa shape index (κ1) is 15.0. The second-order valence-corrected chi connectivity index (χ2v) is 4.13. The average molecular weight is 376 g/mol. The number of halogens is 4. The van der Waals surface area contributed by atoms with Gasteiger partial charge in [-0.05, 0) is 28.7 Å². The molecule has 0 amide bonds. The van der Waals surface area contributed by atoms with Crippen molar-refractivity contribution in [1.29, 1.82) is 0 Å². The number of hydrogen-bond acceptors (Lipinski definition) is 5. The molecule has 1 rings (SSSR count). The Kier molecular flexibility index (Phi) is 4.73. The molecular weight excluding hydrogens is 368 g/mol. The zero-order chi connectivity index (χ0) is 13.9. The van der Waals surface area contributed by atoms with Crippen LogP contribution in [0.2, 0.25) is 0 Å². The summed E-state index contributed by atoms with van der Waals surface area (Å²) in [6.45, 7) is -0.228. The van der Waals surface area contributed by atoms with E-state index in [1.54, 1.807) is 22.6 Å². The lowest BCUT2D eigenvalue weighted by molar-refractivity contribution is -0.275. The molecule has 0 unspecified atom stereocenters. The predicted molar refractivity (Wildman–Crippen MR) is 62.9 cm³/mol. The van der Waals surface area contributed by atoms with Crippen LogP contribution < -0.4 is 10.5 Å². The van der Waals surface area contributed by atoms with Crippen molar-refractivity contribution in [2.45, 2.75) is 12.9 Å². The first-order valence-corrected chi connectivity index (χ1v) is 5.60. The van der Waals surface area contributed by atoms with Crippen LogP contribution in [-0.2, 0) is 11.3 Å². The summed E-state index contributed by atoms with van der Waals surface area (Å²) in [5.41, 5.74) is 4.79. The molecule has 0 aliphatic carbocycles. The van der Waals surface area contributed by atoms with E-state index in [0.29, 0.717) is 3.70 Å². The highest BCUT2D eigenvalue weighted by Crippen LogP contribution is 2.30. The van der Waals surface area contributed by atoms with Crippen LogP contribution in [0.1, 0.15) is 16.1 Å². The third-order valence-electron chi connectivity index (χ3n) is 1.84. The van der Waals surface area contributed by atoms with Crippen molar-refractivity contribution in [3.05, 3.63) is 21.0 Å². The zero-order valence-corrected chi connectivity index (χ0v) is 11.2. The Morgan fingerprint density at radius 2 is 2.17 bits per heavy atom. The van der Waals surface area contributed by atoms with Gasteiger partial charge in [0.2, 0.25) is 0 Å². The van der Waals surface area contributed by atoms with Gasteiger partial charge in [-0.2, -0.15) is 0 Å². The van der Waals surface area contributed by atoms with Crippen LogP contribution >= 0.6 is 22.6 Å². The first-order chi connectivity index (χ1) is 8.28. The molecule has 1 heterocycles. The normalized spacial score (nSPS) is 11.2. The molecule has 0 saturated carbocycles. The molecule has 0 bridgehead atoms. The molecule has 0 saturated heterocycles. The third kappa shape index (κ3) is 3.70. The highest BCUT2D eigenvalue weighted by molar-refractivity contribution is 14.1. The van der Waals surface area contributed by atoms with Gasteiger partial charge < -0.3 is 15.2 Å². The molecule has 0 fully saturated rings. The van der Waals surface area contributed by atoms with Gasteiger partial charge >= 0.3 is 12.3 Å². The minimum Gasteiger partial charge on any atom is -0.464 e. The lowest BCUT2D eigenvalue weighted by Crippen LogP contribution is -2.22. The number of alkyl halides is 3. The predicted octanol–water partition coefficient (Wildman–Crippen LogP) is 1.83. The van der Waals surface area contributed by atoms with Crippen LogP contribution in [0.3, 0.4) is 0 Å². The molecule has 0 spiro atoms. The standard InChI is InChI=1S/C9H8F3IN2O3/c1-17-8(16)6-7(18-9(10,11)12)4(3-14)2-5(13)15-6/h2H,3,14H2,1H3.